The molecule has 0 radical (unpaired) electrons. The molecule has 0 bridgehead atoms. The lowest BCUT2D eigenvalue weighted by Crippen LogP contribution is -2.30. The lowest BCUT2D eigenvalue weighted by Gasteiger charge is -2.30. The Morgan fingerprint density at radius 1 is 0.976 bits per heavy atom. The van der Waals surface area contributed by atoms with Gasteiger partial charge in [0.1, 0.15) is 5.82 Å². The lowest BCUT2D eigenvalue weighted by molar-refractivity contribution is 0.0993. The Kier molecular flexibility index (Phi) is 8.02. The van der Waals surface area contributed by atoms with E-state index in [2.05, 4.69) is 58.3 Å². The number of carbonyl (C=O) groups is 1. The number of nitrogens with zero attached hydrogens (tertiary/aromatic N) is 5. The van der Waals surface area contributed by atoms with E-state index < -0.39 is 0 Å². The Hall–Kier alpha value is -4.49. The molecule has 5 aromatic rings. The second-order valence-electron chi connectivity index (χ2n) is 11.4. The number of carbonyl (C=O) groups excluding carboxylic acids is 1. The number of Topliss-reactive ketones (excluding diaryl/α,β-unsaturated/α-hetero) is 1. The quantitative estimate of drug-likeness (QED) is 0.198. The molecule has 0 amide bonds. The van der Waals surface area contributed by atoms with Crippen LogP contribution in [0.2, 0.25) is 0 Å². The third-order valence-corrected chi connectivity index (χ3v) is 8.21. The second kappa shape index (κ2) is 12.2. The van der Waals surface area contributed by atoms with Crippen molar-refractivity contribution in [3.8, 4) is 22.6 Å². The summed E-state index contributed by atoms with van der Waals surface area (Å²) in [6, 6.07) is 18.4. The topological polar surface area (TPSA) is 85.0 Å². The molecule has 0 spiro atoms. The van der Waals surface area contributed by atoms with Crippen LogP contribution >= 0.6 is 0 Å². The van der Waals surface area contributed by atoms with Gasteiger partial charge >= 0.3 is 0 Å². The highest BCUT2D eigenvalue weighted by atomic mass is 16.5. The molecule has 212 valence electrons. The first-order valence-electron chi connectivity index (χ1n) is 14.5. The van der Waals surface area contributed by atoms with Crippen molar-refractivity contribution in [3.63, 3.8) is 0 Å². The highest BCUT2D eigenvalue weighted by Gasteiger charge is 2.19. The van der Waals surface area contributed by atoms with Crippen LogP contribution in [0.1, 0.15) is 62.8 Å². The summed E-state index contributed by atoms with van der Waals surface area (Å²) in [6.07, 6.45) is 10.4. The van der Waals surface area contributed by atoms with Gasteiger partial charge in [-0.1, -0.05) is 47.6 Å². The molecule has 7 nitrogen and oxygen atoms in total. The van der Waals surface area contributed by atoms with Crippen LogP contribution in [0, 0.1) is 13.8 Å². The summed E-state index contributed by atoms with van der Waals surface area (Å²) in [6.45, 7) is 6.29. The highest BCUT2D eigenvalue weighted by Crippen LogP contribution is 2.28. The predicted molar refractivity (Wildman–Crippen MR) is 163 cm³/mol. The minimum Gasteiger partial charge on any atom is -0.356 e. The zero-order valence-electron chi connectivity index (χ0n) is 24.4. The maximum atomic E-state index is 13.2. The molecule has 1 atom stereocenters. The molecule has 0 aliphatic carbocycles. The van der Waals surface area contributed by atoms with Crippen molar-refractivity contribution in [2.45, 2.75) is 45.4 Å². The normalized spacial score (nSPS) is 15.5. The summed E-state index contributed by atoms with van der Waals surface area (Å²) in [7, 11) is 2.18. The van der Waals surface area contributed by atoms with Gasteiger partial charge in [-0.05, 0) is 80.6 Å². The van der Waals surface area contributed by atoms with Gasteiger partial charge in [-0.15, -0.1) is 0 Å². The fraction of sp³-hybridized carbons (Fsp3) is 0.286. The van der Waals surface area contributed by atoms with Crippen LogP contribution in [0.3, 0.4) is 0 Å². The molecule has 1 unspecified atom stereocenters. The van der Waals surface area contributed by atoms with E-state index >= 15 is 0 Å². The minimum absolute atomic E-state index is 0.129. The number of pyridine rings is 1. The Balaban J connectivity index is 1.16. The monoisotopic (exact) mass is 557 g/mol. The molecule has 4 heterocycles. The van der Waals surface area contributed by atoms with E-state index in [1.165, 1.54) is 24.9 Å². The molecule has 1 aliphatic rings. The zero-order chi connectivity index (χ0) is 29.1. The standard InChI is InChI=1S/C35H35N5O2/c1-23-6-7-25(16-33(41)27-10-8-26(9-11-27)28-5-4-14-40(3)22-28)15-29(23)18-34-37-13-12-32(39-34)30-17-31(21-36-20-30)35-24(2)19-38-42-35/h6-13,15,17,19-21,28H,4-5,14,16,18,22H2,1-3H3. The number of aryl methyl sites for hydroxylation is 2. The fourth-order valence-electron chi connectivity index (χ4n) is 5.78. The van der Waals surface area contributed by atoms with E-state index in [1.807, 2.05) is 37.3 Å². The fourth-order valence-corrected chi connectivity index (χ4v) is 5.78. The van der Waals surface area contributed by atoms with E-state index in [0.29, 0.717) is 30.3 Å². The first kappa shape index (κ1) is 27.7. The Morgan fingerprint density at radius 2 is 1.81 bits per heavy atom. The number of benzene rings is 2. The molecular weight excluding hydrogens is 522 g/mol. The van der Waals surface area contributed by atoms with Gasteiger partial charge in [0.2, 0.25) is 0 Å². The van der Waals surface area contributed by atoms with E-state index in [1.54, 1.807) is 24.8 Å². The SMILES string of the molecule is Cc1ccc(CC(=O)c2ccc(C3CCCN(C)C3)cc2)cc1Cc1nccc(-c2cncc(-c3oncc3C)c2)n1. The maximum Gasteiger partial charge on any atom is 0.171 e. The number of likely N-dealkylation sites (N-methyl/N-ethyl adjacent to an activating group) is 1. The number of likely N-dealkylation sites (tertiary alicyclic amines) is 1. The van der Waals surface area contributed by atoms with Crippen molar-refractivity contribution in [2.75, 3.05) is 20.1 Å². The molecule has 1 fully saturated rings. The molecule has 0 N–H and O–H groups in total. The molecule has 0 saturated carbocycles. The first-order valence-corrected chi connectivity index (χ1v) is 14.5. The van der Waals surface area contributed by atoms with Gasteiger partial charge in [0, 0.05) is 60.2 Å². The summed E-state index contributed by atoms with van der Waals surface area (Å²) < 4.78 is 5.41. The number of aromatic nitrogens is 4. The van der Waals surface area contributed by atoms with Gasteiger partial charge in [-0.25, -0.2) is 9.97 Å². The van der Waals surface area contributed by atoms with Gasteiger partial charge in [0.15, 0.2) is 11.5 Å². The van der Waals surface area contributed by atoms with Crippen LogP contribution in [0.4, 0.5) is 0 Å². The first-order chi connectivity index (χ1) is 20.4. The van der Waals surface area contributed by atoms with Gasteiger partial charge in [-0.3, -0.25) is 9.78 Å². The number of ketones is 1. The Bertz CT molecular complexity index is 1710. The molecule has 6 rings (SSSR count). The van der Waals surface area contributed by atoms with Crippen molar-refractivity contribution < 1.29 is 9.32 Å². The maximum absolute atomic E-state index is 13.2. The Labute approximate surface area is 246 Å². The van der Waals surface area contributed by atoms with Crippen molar-refractivity contribution in [1.29, 1.82) is 0 Å². The minimum atomic E-state index is 0.129. The van der Waals surface area contributed by atoms with Crippen LogP contribution < -0.4 is 0 Å². The van der Waals surface area contributed by atoms with Gasteiger partial charge in [0.05, 0.1) is 11.9 Å². The van der Waals surface area contributed by atoms with Crippen molar-refractivity contribution in [1.82, 2.24) is 25.0 Å². The molecule has 42 heavy (non-hydrogen) atoms. The van der Waals surface area contributed by atoms with Crippen LogP contribution in [-0.4, -0.2) is 50.9 Å². The summed E-state index contributed by atoms with van der Waals surface area (Å²) in [5, 5.41) is 3.88. The van der Waals surface area contributed by atoms with E-state index in [0.717, 1.165) is 51.2 Å². The number of hydrogen-bond donors (Lipinski definition) is 0. The van der Waals surface area contributed by atoms with Crippen molar-refractivity contribution >= 4 is 5.78 Å². The van der Waals surface area contributed by atoms with Crippen molar-refractivity contribution in [2.24, 2.45) is 0 Å². The van der Waals surface area contributed by atoms with Crippen molar-refractivity contribution in [3.05, 3.63) is 119 Å². The molecular formula is C35H35N5O2. The lowest BCUT2D eigenvalue weighted by atomic mass is 9.89. The number of rotatable bonds is 8. The number of piperidine rings is 1. The van der Waals surface area contributed by atoms with Crippen LogP contribution in [0.25, 0.3) is 22.6 Å². The van der Waals surface area contributed by atoms with Crippen LogP contribution in [0.5, 0.6) is 0 Å². The average molecular weight is 558 g/mol. The molecule has 1 saturated heterocycles. The summed E-state index contributed by atoms with van der Waals surface area (Å²) >= 11 is 0. The van der Waals surface area contributed by atoms with E-state index in [-0.39, 0.29) is 5.78 Å². The highest BCUT2D eigenvalue weighted by molar-refractivity contribution is 5.97. The largest absolute Gasteiger partial charge is 0.356 e. The van der Waals surface area contributed by atoms with Gasteiger partial charge in [0.25, 0.3) is 0 Å². The third kappa shape index (κ3) is 6.21. The smallest absolute Gasteiger partial charge is 0.171 e. The van der Waals surface area contributed by atoms with E-state index in [9.17, 15) is 4.79 Å². The van der Waals surface area contributed by atoms with Crippen LogP contribution in [0.15, 0.2) is 83.9 Å². The summed E-state index contributed by atoms with van der Waals surface area (Å²) in [5.74, 6) is 2.09. The Morgan fingerprint density at radius 3 is 2.60 bits per heavy atom. The number of hydrogen-bond acceptors (Lipinski definition) is 7. The summed E-state index contributed by atoms with van der Waals surface area (Å²) in [4.78, 5) is 29.4. The third-order valence-electron chi connectivity index (χ3n) is 8.21. The summed E-state index contributed by atoms with van der Waals surface area (Å²) in [5.41, 5.74) is 8.82. The van der Waals surface area contributed by atoms with Crippen LogP contribution in [-0.2, 0) is 12.8 Å². The zero-order valence-corrected chi connectivity index (χ0v) is 24.4. The average Bonchev–Trinajstić information content (AvgIpc) is 3.45. The predicted octanol–water partition coefficient (Wildman–Crippen LogP) is 6.64. The second-order valence-corrected chi connectivity index (χ2v) is 11.4. The molecule has 2 aromatic carbocycles. The van der Waals surface area contributed by atoms with E-state index in [4.69, 9.17) is 9.51 Å². The molecule has 7 heteroatoms. The van der Waals surface area contributed by atoms with Gasteiger partial charge < -0.3 is 9.42 Å². The molecule has 1 aliphatic heterocycles. The van der Waals surface area contributed by atoms with Gasteiger partial charge in [-0.2, -0.15) is 0 Å². The molecule has 3 aromatic heterocycles.